The number of hydrogen-bond acceptors (Lipinski definition) is 4. The average Bonchev–Trinajstić information content (AvgIpc) is 3.04. The second kappa shape index (κ2) is 7.12. The fourth-order valence-corrected chi connectivity index (χ4v) is 6.30. The average molecular weight is 452 g/mol. The monoisotopic (exact) mass is 451 g/mol. The van der Waals surface area contributed by atoms with Gasteiger partial charge in [0.1, 0.15) is 20.0 Å². The number of halogens is 3. The second-order valence-corrected chi connectivity index (χ2v) is 10.1. The number of pyridine rings is 1. The largest absolute Gasteiger partial charge is 0.225 e. The summed E-state index contributed by atoms with van der Waals surface area (Å²) in [4.78, 5) is 4.64. The van der Waals surface area contributed by atoms with Crippen molar-refractivity contribution in [2.75, 3.05) is 0 Å². The molecule has 142 valence electrons. The number of benzene rings is 2. The summed E-state index contributed by atoms with van der Waals surface area (Å²) in [5.74, 6) is -0.573. The van der Waals surface area contributed by atoms with Crippen molar-refractivity contribution in [3.63, 3.8) is 0 Å². The Morgan fingerprint density at radius 2 is 1.71 bits per heavy atom. The van der Waals surface area contributed by atoms with E-state index in [-0.39, 0.29) is 14.3 Å². The van der Waals surface area contributed by atoms with Gasteiger partial charge in [-0.05, 0) is 54.4 Å². The van der Waals surface area contributed by atoms with Crippen LogP contribution in [0.25, 0.3) is 21.3 Å². The Hall–Kier alpha value is -1.99. The zero-order valence-electron chi connectivity index (χ0n) is 14.4. The molecule has 0 aliphatic rings. The van der Waals surface area contributed by atoms with Crippen molar-refractivity contribution >= 4 is 54.6 Å². The van der Waals surface area contributed by atoms with Gasteiger partial charge >= 0.3 is 0 Å². The molecule has 0 aliphatic heterocycles. The van der Waals surface area contributed by atoms with E-state index < -0.39 is 15.7 Å². The van der Waals surface area contributed by atoms with Crippen molar-refractivity contribution in [1.29, 1.82) is 0 Å². The van der Waals surface area contributed by atoms with E-state index in [1.807, 2.05) is 0 Å². The van der Waals surface area contributed by atoms with E-state index in [1.165, 1.54) is 12.1 Å². The van der Waals surface area contributed by atoms with Gasteiger partial charge in [-0.2, -0.15) is 0 Å². The van der Waals surface area contributed by atoms with Crippen LogP contribution in [-0.4, -0.2) is 13.4 Å². The first kappa shape index (κ1) is 19.3. The molecule has 0 amide bonds. The molecule has 3 nitrogen and oxygen atoms in total. The predicted molar refractivity (Wildman–Crippen MR) is 112 cm³/mol. The molecule has 2 aromatic carbocycles. The predicted octanol–water partition coefficient (Wildman–Crippen LogP) is 6.55. The Morgan fingerprint density at radius 3 is 2.39 bits per heavy atom. The van der Waals surface area contributed by atoms with Crippen LogP contribution < -0.4 is 0 Å². The highest BCUT2D eigenvalue weighted by Gasteiger charge is 2.28. The molecule has 0 bridgehead atoms. The van der Waals surface area contributed by atoms with Crippen LogP contribution in [0.4, 0.5) is 4.39 Å². The minimum atomic E-state index is -3.98. The highest BCUT2D eigenvalue weighted by atomic mass is 35.5. The molecule has 4 rings (SSSR count). The van der Waals surface area contributed by atoms with E-state index in [0.29, 0.717) is 31.9 Å². The van der Waals surface area contributed by atoms with Gasteiger partial charge in [0.05, 0.1) is 4.90 Å². The molecule has 28 heavy (non-hydrogen) atoms. The van der Waals surface area contributed by atoms with Crippen LogP contribution in [0, 0.1) is 12.7 Å². The normalized spacial score (nSPS) is 11.9. The maximum absolute atomic E-state index is 14.0. The lowest BCUT2D eigenvalue weighted by Gasteiger charge is -2.08. The van der Waals surface area contributed by atoms with Gasteiger partial charge < -0.3 is 0 Å². The van der Waals surface area contributed by atoms with Crippen LogP contribution in [0.15, 0.2) is 63.7 Å². The Morgan fingerprint density at radius 1 is 1.00 bits per heavy atom. The van der Waals surface area contributed by atoms with E-state index in [4.69, 9.17) is 23.2 Å². The number of sulfone groups is 1. The zero-order chi connectivity index (χ0) is 20.1. The summed E-state index contributed by atoms with van der Waals surface area (Å²) in [5.41, 5.74) is 1.55. The van der Waals surface area contributed by atoms with Crippen molar-refractivity contribution in [3.8, 4) is 11.1 Å². The third-order valence-corrected chi connectivity index (χ3v) is 8.15. The molecule has 0 fully saturated rings. The molecule has 0 N–H and O–H groups in total. The highest BCUT2D eigenvalue weighted by Crippen LogP contribution is 2.43. The number of fused-ring (bicyclic) bond motifs is 1. The number of aryl methyl sites for hydroxylation is 1. The Labute approximate surface area is 175 Å². The Balaban J connectivity index is 2.04. The highest BCUT2D eigenvalue weighted by molar-refractivity contribution is 7.93. The van der Waals surface area contributed by atoms with Gasteiger partial charge in [-0.25, -0.2) is 17.8 Å². The molecule has 0 unspecified atom stereocenters. The lowest BCUT2D eigenvalue weighted by molar-refractivity contribution is 0.591. The number of hydrogen-bond donors (Lipinski definition) is 0. The molecule has 8 heteroatoms. The van der Waals surface area contributed by atoms with Gasteiger partial charge in [-0.15, -0.1) is 11.3 Å². The molecule has 0 aliphatic carbocycles. The maximum atomic E-state index is 14.0. The second-order valence-electron chi connectivity index (χ2n) is 6.17. The van der Waals surface area contributed by atoms with E-state index in [9.17, 15) is 12.8 Å². The van der Waals surface area contributed by atoms with Crippen LogP contribution in [-0.2, 0) is 9.84 Å². The fourth-order valence-electron chi connectivity index (χ4n) is 2.86. The van der Waals surface area contributed by atoms with Crippen LogP contribution in [0.2, 0.25) is 10.2 Å². The Kier molecular flexibility index (Phi) is 4.91. The molecular formula is C20H12Cl2FNO2S2. The van der Waals surface area contributed by atoms with Gasteiger partial charge in [-0.3, -0.25) is 0 Å². The van der Waals surface area contributed by atoms with Gasteiger partial charge in [-0.1, -0.05) is 41.4 Å². The molecule has 2 heterocycles. The lowest BCUT2D eigenvalue weighted by atomic mass is 10.1. The van der Waals surface area contributed by atoms with E-state index in [0.717, 1.165) is 17.4 Å². The van der Waals surface area contributed by atoms with E-state index in [2.05, 4.69) is 4.98 Å². The van der Waals surface area contributed by atoms with Crippen LogP contribution >= 0.6 is 34.5 Å². The minimum absolute atomic E-state index is 0.0860. The summed E-state index contributed by atoms with van der Waals surface area (Å²) in [6.07, 6.45) is 0. The number of aromatic nitrogens is 1. The molecule has 2 aromatic heterocycles. The third kappa shape index (κ3) is 3.31. The number of rotatable bonds is 3. The van der Waals surface area contributed by atoms with Crippen molar-refractivity contribution in [2.24, 2.45) is 0 Å². The molecule has 4 aromatic rings. The molecule has 0 radical (unpaired) electrons. The quantitative estimate of drug-likeness (QED) is 0.331. The summed E-state index contributed by atoms with van der Waals surface area (Å²) >= 11 is 13.0. The van der Waals surface area contributed by atoms with Gasteiger partial charge in [0.2, 0.25) is 9.84 Å². The van der Waals surface area contributed by atoms with Crippen LogP contribution in [0.5, 0.6) is 0 Å². The molecule has 0 atom stereocenters. The summed E-state index contributed by atoms with van der Waals surface area (Å²) < 4.78 is 40.9. The molecule has 0 saturated heterocycles. The summed E-state index contributed by atoms with van der Waals surface area (Å²) in [7, 11) is -3.98. The van der Waals surface area contributed by atoms with Gasteiger partial charge in [0.15, 0.2) is 0 Å². The minimum Gasteiger partial charge on any atom is -0.225 e. The van der Waals surface area contributed by atoms with Crippen molar-refractivity contribution in [1.82, 2.24) is 4.98 Å². The SMILES string of the molecule is Cc1ccc(S(=O)(=O)c2sc3nc(Cl)ccc3c2-c2ccc(Cl)cc2)cc1F. The van der Waals surface area contributed by atoms with Gasteiger partial charge in [0.25, 0.3) is 0 Å². The molecule has 0 spiro atoms. The first-order valence-electron chi connectivity index (χ1n) is 8.13. The van der Waals surface area contributed by atoms with Crippen LogP contribution in [0.1, 0.15) is 5.56 Å². The number of nitrogens with zero attached hydrogens (tertiary/aromatic N) is 1. The first-order valence-corrected chi connectivity index (χ1v) is 11.2. The fraction of sp³-hybridized carbons (Fsp3) is 0.0500. The van der Waals surface area contributed by atoms with Crippen molar-refractivity contribution in [2.45, 2.75) is 16.0 Å². The maximum Gasteiger partial charge on any atom is 0.216 e. The lowest BCUT2D eigenvalue weighted by Crippen LogP contribution is -2.02. The molecular weight excluding hydrogens is 440 g/mol. The topological polar surface area (TPSA) is 47.0 Å². The summed E-state index contributed by atoms with van der Waals surface area (Å²) in [6, 6.07) is 14.1. The van der Waals surface area contributed by atoms with Crippen molar-refractivity contribution < 1.29 is 12.8 Å². The van der Waals surface area contributed by atoms with Gasteiger partial charge in [0, 0.05) is 16.0 Å². The Bertz CT molecular complexity index is 1320. The van der Waals surface area contributed by atoms with Crippen LogP contribution in [0.3, 0.4) is 0 Å². The summed E-state index contributed by atoms with van der Waals surface area (Å²) in [5, 5.41) is 1.46. The summed E-state index contributed by atoms with van der Waals surface area (Å²) in [6.45, 7) is 1.58. The standard InChI is InChI=1S/C20H12Cl2FNO2S2/c1-11-2-7-14(10-16(11)23)28(25,26)20-18(12-3-5-13(21)6-4-12)15-8-9-17(22)24-19(15)27-20/h2-10H,1H3. The zero-order valence-corrected chi connectivity index (χ0v) is 17.6. The van der Waals surface area contributed by atoms with E-state index in [1.54, 1.807) is 43.3 Å². The number of thiophene rings is 1. The smallest absolute Gasteiger partial charge is 0.216 e. The van der Waals surface area contributed by atoms with E-state index >= 15 is 0 Å². The third-order valence-electron chi connectivity index (χ3n) is 4.32. The first-order chi connectivity index (χ1) is 13.3. The molecule has 0 saturated carbocycles. The van der Waals surface area contributed by atoms with Crippen molar-refractivity contribution in [3.05, 3.63) is 76.2 Å².